The molecule has 6 nitrogen and oxygen atoms in total. The summed E-state index contributed by atoms with van der Waals surface area (Å²) in [5, 5.41) is 0. The van der Waals surface area contributed by atoms with Crippen molar-refractivity contribution in [3.05, 3.63) is 29.3 Å². The Labute approximate surface area is 143 Å². The largest absolute Gasteiger partial charge is 0.444 e. The third-order valence-electron chi connectivity index (χ3n) is 3.88. The summed E-state index contributed by atoms with van der Waals surface area (Å²) < 4.78 is 10.8. The molecule has 0 radical (unpaired) electrons. The molecule has 0 bridgehead atoms. The minimum Gasteiger partial charge on any atom is -0.444 e. The molecule has 0 N–H and O–H groups in total. The number of ether oxygens (including phenoxy) is 2. The van der Waals surface area contributed by atoms with E-state index in [4.69, 9.17) is 9.47 Å². The zero-order valence-electron chi connectivity index (χ0n) is 15.3. The minimum atomic E-state index is -0.532. The first-order valence-electron chi connectivity index (χ1n) is 8.06. The van der Waals surface area contributed by atoms with Crippen molar-refractivity contribution in [2.45, 2.75) is 45.3 Å². The van der Waals surface area contributed by atoms with Crippen LogP contribution >= 0.6 is 0 Å². The van der Waals surface area contributed by atoms with Gasteiger partial charge in [-0.1, -0.05) is 6.07 Å². The fourth-order valence-corrected chi connectivity index (χ4v) is 2.68. The Hall–Kier alpha value is -2.24. The van der Waals surface area contributed by atoms with Crippen LogP contribution in [-0.4, -0.2) is 48.7 Å². The van der Waals surface area contributed by atoms with E-state index in [1.807, 2.05) is 32.9 Å². The molecule has 1 atom stereocenters. The standard InChI is InChI=1S/C18H26N2O4/c1-18(2,3)24-17(22)20(6)15-10-8-12-7-9-13(11-14(12)15)23-16(21)19(4)5/h7,9,11,15H,8,10H2,1-6H3. The Morgan fingerprint density at radius 1 is 1.12 bits per heavy atom. The summed E-state index contributed by atoms with van der Waals surface area (Å²) in [4.78, 5) is 27.0. The van der Waals surface area contributed by atoms with Crippen molar-refractivity contribution in [1.29, 1.82) is 0 Å². The van der Waals surface area contributed by atoms with Gasteiger partial charge < -0.3 is 19.3 Å². The van der Waals surface area contributed by atoms with Gasteiger partial charge in [-0.2, -0.15) is 0 Å². The summed E-state index contributed by atoms with van der Waals surface area (Å²) in [6, 6.07) is 5.51. The quantitative estimate of drug-likeness (QED) is 0.829. The van der Waals surface area contributed by atoms with Crippen LogP contribution in [-0.2, 0) is 11.2 Å². The van der Waals surface area contributed by atoms with Crippen LogP contribution in [0.2, 0.25) is 0 Å². The lowest BCUT2D eigenvalue weighted by molar-refractivity contribution is 0.0220. The van der Waals surface area contributed by atoms with E-state index >= 15 is 0 Å². The lowest BCUT2D eigenvalue weighted by Gasteiger charge is -2.29. The van der Waals surface area contributed by atoms with Gasteiger partial charge in [-0.05, 0) is 56.9 Å². The first-order valence-corrected chi connectivity index (χ1v) is 8.06. The molecule has 2 rings (SSSR count). The Morgan fingerprint density at radius 3 is 2.38 bits per heavy atom. The highest BCUT2D eigenvalue weighted by Crippen LogP contribution is 2.37. The summed E-state index contributed by atoms with van der Waals surface area (Å²) in [5.41, 5.74) is 1.64. The minimum absolute atomic E-state index is 0.0761. The molecule has 132 valence electrons. The molecule has 0 saturated heterocycles. The van der Waals surface area contributed by atoms with E-state index in [1.54, 1.807) is 32.1 Å². The van der Waals surface area contributed by atoms with Gasteiger partial charge in [0.25, 0.3) is 0 Å². The van der Waals surface area contributed by atoms with E-state index < -0.39 is 11.7 Å². The Kier molecular flexibility index (Phi) is 5.06. The number of nitrogens with zero attached hydrogens (tertiary/aromatic N) is 2. The van der Waals surface area contributed by atoms with Crippen molar-refractivity contribution < 1.29 is 19.1 Å². The van der Waals surface area contributed by atoms with Gasteiger partial charge in [0, 0.05) is 21.1 Å². The second kappa shape index (κ2) is 6.71. The third-order valence-corrected chi connectivity index (χ3v) is 3.88. The molecule has 24 heavy (non-hydrogen) atoms. The van der Waals surface area contributed by atoms with Crippen molar-refractivity contribution in [3.63, 3.8) is 0 Å². The SMILES string of the molecule is CN(C)C(=O)Oc1ccc2c(c1)C(N(C)C(=O)OC(C)(C)C)CC2. The number of carbonyl (C=O) groups excluding carboxylic acids is 2. The lowest BCUT2D eigenvalue weighted by Crippen LogP contribution is -2.36. The maximum Gasteiger partial charge on any atom is 0.414 e. The Morgan fingerprint density at radius 2 is 1.79 bits per heavy atom. The first-order chi connectivity index (χ1) is 11.1. The molecule has 1 aromatic rings. The molecule has 1 aromatic carbocycles. The van der Waals surface area contributed by atoms with Crippen molar-refractivity contribution in [2.24, 2.45) is 0 Å². The molecule has 1 aliphatic carbocycles. The van der Waals surface area contributed by atoms with Gasteiger partial charge in [-0.25, -0.2) is 9.59 Å². The second-order valence-electron chi connectivity index (χ2n) is 7.27. The van der Waals surface area contributed by atoms with Gasteiger partial charge in [0.05, 0.1) is 6.04 Å². The topological polar surface area (TPSA) is 59.1 Å². The van der Waals surface area contributed by atoms with Crippen LogP contribution in [0.3, 0.4) is 0 Å². The van der Waals surface area contributed by atoms with Gasteiger partial charge >= 0.3 is 12.2 Å². The zero-order valence-corrected chi connectivity index (χ0v) is 15.3. The summed E-state index contributed by atoms with van der Waals surface area (Å²) in [5.74, 6) is 0.483. The molecule has 0 aromatic heterocycles. The highest BCUT2D eigenvalue weighted by molar-refractivity contribution is 5.71. The fourth-order valence-electron chi connectivity index (χ4n) is 2.68. The second-order valence-corrected chi connectivity index (χ2v) is 7.27. The number of aryl methyl sites for hydroxylation is 1. The average Bonchev–Trinajstić information content (AvgIpc) is 2.87. The number of hydrogen-bond donors (Lipinski definition) is 0. The van der Waals surface area contributed by atoms with Crippen LogP contribution in [0.5, 0.6) is 5.75 Å². The summed E-state index contributed by atoms with van der Waals surface area (Å²) >= 11 is 0. The fraction of sp³-hybridized carbons (Fsp3) is 0.556. The molecular formula is C18H26N2O4. The molecule has 0 spiro atoms. The van der Waals surface area contributed by atoms with Crippen molar-refractivity contribution in [2.75, 3.05) is 21.1 Å². The molecular weight excluding hydrogens is 308 g/mol. The number of carbonyl (C=O) groups is 2. The summed E-state index contributed by atoms with van der Waals surface area (Å²) in [6.45, 7) is 5.54. The number of fused-ring (bicyclic) bond motifs is 1. The average molecular weight is 334 g/mol. The van der Waals surface area contributed by atoms with Crippen LogP contribution in [0, 0.1) is 0 Å². The molecule has 1 unspecified atom stereocenters. The monoisotopic (exact) mass is 334 g/mol. The normalized spacial score (nSPS) is 16.3. The van der Waals surface area contributed by atoms with Gasteiger partial charge in [-0.15, -0.1) is 0 Å². The van der Waals surface area contributed by atoms with E-state index in [0.717, 1.165) is 18.4 Å². The van der Waals surface area contributed by atoms with Crippen LogP contribution in [0.4, 0.5) is 9.59 Å². The van der Waals surface area contributed by atoms with E-state index in [0.29, 0.717) is 5.75 Å². The number of hydrogen-bond acceptors (Lipinski definition) is 4. The molecule has 1 aliphatic rings. The van der Waals surface area contributed by atoms with Crippen LogP contribution in [0.1, 0.15) is 44.4 Å². The van der Waals surface area contributed by atoms with Crippen molar-refractivity contribution in [3.8, 4) is 5.75 Å². The molecule has 0 saturated carbocycles. The van der Waals surface area contributed by atoms with E-state index in [1.165, 1.54) is 10.5 Å². The first kappa shape index (κ1) is 18.1. The van der Waals surface area contributed by atoms with E-state index in [-0.39, 0.29) is 12.1 Å². The third kappa shape index (κ3) is 4.19. The number of benzene rings is 1. The highest BCUT2D eigenvalue weighted by atomic mass is 16.6. The van der Waals surface area contributed by atoms with Crippen molar-refractivity contribution >= 4 is 12.2 Å². The predicted octanol–water partition coefficient (Wildman–Crippen LogP) is 3.60. The Bertz CT molecular complexity index is 634. The van der Waals surface area contributed by atoms with Gasteiger partial charge in [0.15, 0.2) is 0 Å². The number of rotatable bonds is 2. The van der Waals surface area contributed by atoms with Gasteiger partial charge in [-0.3, -0.25) is 0 Å². The molecule has 2 amide bonds. The maximum atomic E-state index is 12.3. The van der Waals surface area contributed by atoms with Crippen LogP contribution < -0.4 is 4.74 Å². The van der Waals surface area contributed by atoms with E-state index in [9.17, 15) is 9.59 Å². The van der Waals surface area contributed by atoms with Crippen LogP contribution in [0.25, 0.3) is 0 Å². The zero-order chi connectivity index (χ0) is 18.1. The number of amides is 2. The lowest BCUT2D eigenvalue weighted by atomic mass is 10.1. The van der Waals surface area contributed by atoms with Gasteiger partial charge in [0.1, 0.15) is 11.4 Å². The van der Waals surface area contributed by atoms with Crippen molar-refractivity contribution in [1.82, 2.24) is 9.80 Å². The predicted molar refractivity (Wildman–Crippen MR) is 91.2 cm³/mol. The Balaban J connectivity index is 2.18. The maximum absolute atomic E-state index is 12.3. The smallest absolute Gasteiger partial charge is 0.414 e. The molecule has 0 heterocycles. The molecule has 6 heteroatoms. The van der Waals surface area contributed by atoms with Crippen LogP contribution in [0.15, 0.2) is 18.2 Å². The molecule has 0 fully saturated rings. The van der Waals surface area contributed by atoms with E-state index in [2.05, 4.69) is 0 Å². The summed E-state index contributed by atoms with van der Waals surface area (Å²) in [6.07, 6.45) is 0.937. The summed E-state index contributed by atoms with van der Waals surface area (Å²) in [7, 11) is 5.01. The van der Waals surface area contributed by atoms with Gasteiger partial charge in [0.2, 0.25) is 0 Å². The highest BCUT2D eigenvalue weighted by Gasteiger charge is 2.31. The molecule has 0 aliphatic heterocycles.